The third-order valence-corrected chi connectivity index (χ3v) is 5.68. The molecule has 216 valence electrons. The number of nitrogen functional groups attached to an aromatic ring is 2. The van der Waals surface area contributed by atoms with Crippen LogP contribution in [0.1, 0.15) is 48.0 Å². The number of carboxylic acid groups (broad SMARTS) is 3. The van der Waals surface area contributed by atoms with Crippen molar-refractivity contribution >= 4 is 47.2 Å². The summed E-state index contributed by atoms with van der Waals surface area (Å²) in [5.74, 6) is -5.63. The van der Waals surface area contributed by atoms with E-state index >= 15 is 0 Å². The predicted octanol–water partition coefficient (Wildman–Crippen LogP) is -0.624. The summed E-state index contributed by atoms with van der Waals surface area (Å²) in [6.45, 7) is 0.457. The van der Waals surface area contributed by atoms with Gasteiger partial charge in [-0.05, 0) is 49.9 Å². The van der Waals surface area contributed by atoms with Gasteiger partial charge in [-0.25, -0.2) is 4.79 Å². The number of hydrogen-bond donors (Lipinski definition) is 9. The average Bonchev–Trinajstić information content (AvgIpc) is 2.87. The minimum absolute atomic E-state index is 0.0608. The van der Waals surface area contributed by atoms with Crippen molar-refractivity contribution in [2.75, 3.05) is 23.3 Å². The number of aromatic nitrogens is 2. The number of H-pyrrole nitrogens is 1. The van der Waals surface area contributed by atoms with Gasteiger partial charge in [0.15, 0.2) is 0 Å². The van der Waals surface area contributed by atoms with Gasteiger partial charge in [0.2, 0.25) is 11.9 Å². The predicted molar refractivity (Wildman–Crippen MR) is 141 cm³/mol. The normalized spacial score (nSPS) is 12.1. The largest absolute Gasteiger partial charge is 0.481 e. The van der Waals surface area contributed by atoms with E-state index in [0.717, 1.165) is 0 Å². The van der Waals surface area contributed by atoms with Gasteiger partial charge in [-0.3, -0.25) is 29.0 Å². The van der Waals surface area contributed by atoms with Crippen LogP contribution >= 0.6 is 0 Å². The number of nitrogens with one attached hydrogen (secondary N) is 4. The molecule has 0 aliphatic rings. The van der Waals surface area contributed by atoms with Crippen molar-refractivity contribution in [1.29, 1.82) is 0 Å². The Morgan fingerprint density at radius 3 is 2.05 bits per heavy atom. The molecule has 2 amide bonds. The topological polar surface area (TPSA) is 280 Å². The third-order valence-electron chi connectivity index (χ3n) is 5.68. The number of anilines is 3. The maximum atomic E-state index is 12.7. The SMILES string of the molecule is Nc1nc(N)c(CCCNc2ccc(C(=O)N[C@@H](CCC(=O)O)C(=O)N[C@@H](CCC(=O)O)C(=O)O)cc2)c(=O)[nH]1. The summed E-state index contributed by atoms with van der Waals surface area (Å²) < 4.78 is 0. The van der Waals surface area contributed by atoms with Crippen LogP contribution in [0.2, 0.25) is 0 Å². The second-order valence-electron chi connectivity index (χ2n) is 8.71. The molecule has 1 aromatic heterocycles. The van der Waals surface area contributed by atoms with E-state index in [1.807, 2.05) is 0 Å². The molecular weight excluding hydrogens is 530 g/mol. The molecule has 2 atom stereocenters. The third kappa shape index (κ3) is 9.96. The summed E-state index contributed by atoms with van der Waals surface area (Å²) >= 11 is 0. The van der Waals surface area contributed by atoms with Crippen molar-refractivity contribution in [3.8, 4) is 0 Å². The number of carboxylic acids is 3. The van der Waals surface area contributed by atoms with Crippen LogP contribution in [0.15, 0.2) is 29.1 Å². The quantitative estimate of drug-likeness (QED) is 0.116. The number of carbonyl (C=O) groups is 5. The number of aromatic amines is 1. The number of carbonyl (C=O) groups excluding carboxylic acids is 2. The molecule has 1 aromatic carbocycles. The van der Waals surface area contributed by atoms with Crippen molar-refractivity contribution in [2.24, 2.45) is 0 Å². The molecule has 0 aliphatic carbocycles. The Hall–Kier alpha value is -5.15. The molecule has 0 bridgehead atoms. The first kappa shape index (κ1) is 31.1. The number of benzene rings is 1. The second-order valence-corrected chi connectivity index (χ2v) is 8.71. The lowest BCUT2D eigenvalue weighted by Gasteiger charge is -2.21. The highest BCUT2D eigenvalue weighted by atomic mass is 16.4. The molecule has 2 aromatic rings. The number of nitrogens with zero attached hydrogens (tertiary/aromatic N) is 1. The molecule has 11 N–H and O–H groups in total. The molecule has 0 fully saturated rings. The zero-order valence-corrected chi connectivity index (χ0v) is 21.3. The fourth-order valence-corrected chi connectivity index (χ4v) is 3.59. The fraction of sp³-hybridized carbons (Fsp3) is 0.375. The van der Waals surface area contributed by atoms with Crippen molar-refractivity contribution in [1.82, 2.24) is 20.6 Å². The van der Waals surface area contributed by atoms with E-state index in [9.17, 15) is 33.9 Å². The van der Waals surface area contributed by atoms with Crippen molar-refractivity contribution in [2.45, 2.75) is 50.6 Å². The van der Waals surface area contributed by atoms with Gasteiger partial charge < -0.3 is 42.7 Å². The molecule has 16 heteroatoms. The highest BCUT2D eigenvalue weighted by molar-refractivity contribution is 5.98. The molecule has 0 saturated carbocycles. The van der Waals surface area contributed by atoms with E-state index in [1.165, 1.54) is 12.1 Å². The van der Waals surface area contributed by atoms with E-state index in [0.29, 0.717) is 30.6 Å². The molecule has 16 nitrogen and oxygen atoms in total. The number of hydrogen-bond acceptors (Lipinski definition) is 10. The summed E-state index contributed by atoms with van der Waals surface area (Å²) in [5.41, 5.74) is 11.9. The monoisotopic (exact) mass is 561 g/mol. The summed E-state index contributed by atoms with van der Waals surface area (Å²) in [6.07, 6.45) is -0.848. The zero-order valence-electron chi connectivity index (χ0n) is 21.3. The van der Waals surface area contributed by atoms with Crippen LogP contribution in [-0.2, 0) is 25.6 Å². The first-order chi connectivity index (χ1) is 18.9. The van der Waals surface area contributed by atoms with Gasteiger partial charge in [0, 0.05) is 30.6 Å². The minimum Gasteiger partial charge on any atom is -0.481 e. The smallest absolute Gasteiger partial charge is 0.326 e. The van der Waals surface area contributed by atoms with Crippen LogP contribution in [-0.4, -0.2) is 73.6 Å². The molecule has 0 saturated heterocycles. The lowest BCUT2D eigenvalue weighted by molar-refractivity contribution is -0.143. The van der Waals surface area contributed by atoms with E-state index in [1.54, 1.807) is 12.1 Å². The second kappa shape index (κ2) is 14.7. The highest BCUT2D eigenvalue weighted by Gasteiger charge is 2.27. The van der Waals surface area contributed by atoms with Gasteiger partial charge in [-0.1, -0.05) is 0 Å². The van der Waals surface area contributed by atoms with Crippen LogP contribution < -0.4 is 33.0 Å². The van der Waals surface area contributed by atoms with E-state index < -0.39 is 66.6 Å². The summed E-state index contributed by atoms with van der Waals surface area (Å²) in [5, 5.41) is 34.7. The Kier molecular flexibility index (Phi) is 11.4. The van der Waals surface area contributed by atoms with Gasteiger partial charge in [-0.2, -0.15) is 4.98 Å². The van der Waals surface area contributed by atoms with Crippen LogP contribution in [0.5, 0.6) is 0 Å². The Morgan fingerprint density at radius 2 is 1.50 bits per heavy atom. The standard InChI is InChI=1S/C24H31N7O9/c25-19-14(21(37)31-24(26)30-19)2-1-11-27-13-5-3-12(4-6-13)20(36)28-15(7-9-17(32)33)22(38)29-16(23(39)40)8-10-18(34)35/h3-6,15-16,27H,1-2,7-11H2,(H,28,36)(H,29,38)(H,32,33)(H,34,35)(H,39,40)(H5,25,26,30,31,37)/t15-,16-/m0/s1. The molecule has 2 rings (SSSR count). The van der Waals surface area contributed by atoms with Gasteiger partial charge >= 0.3 is 17.9 Å². The maximum Gasteiger partial charge on any atom is 0.326 e. The first-order valence-corrected chi connectivity index (χ1v) is 12.1. The Bertz CT molecular complexity index is 1290. The van der Waals surface area contributed by atoms with Gasteiger partial charge in [0.1, 0.15) is 17.9 Å². The zero-order chi connectivity index (χ0) is 29.8. The highest BCUT2D eigenvalue weighted by Crippen LogP contribution is 2.12. The van der Waals surface area contributed by atoms with Crippen LogP contribution in [0.4, 0.5) is 17.5 Å². The summed E-state index contributed by atoms with van der Waals surface area (Å²) in [7, 11) is 0. The van der Waals surface area contributed by atoms with Crippen LogP contribution in [0.3, 0.4) is 0 Å². The molecule has 1 heterocycles. The van der Waals surface area contributed by atoms with Gasteiger partial charge in [0.05, 0.1) is 5.56 Å². The number of rotatable bonds is 16. The van der Waals surface area contributed by atoms with E-state index in [4.69, 9.17) is 21.7 Å². The Balaban J connectivity index is 1.97. The van der Waals surface area contributed by atoms with Crippen molar-refractivity contribution in [3.63, 3.8) is 0 Å². The molecule has 0 aliphatic heterocycles. The van der Waals surface area contributed by atoms with Crippen LogP contribution in [0, 0.1) is 0 Å². The number of aliphatic carboxylic acids is 3. The Labute approximate surface area is 227 Å². The lowest BCUT2D eigenvalue weighted by Crippen LogP contribution is -2.51. The Morgan fingerprint density at radius 1 is 0.900 bits per heavy atom. The summed E-state index contributed by atoms with van der Waals surface area (Å²) in [4.78, 5) is 76.7. The molecular formula is C24H31N7O9. The van der Waals surface area contributed by atoms with E-state index in [-0.39, 0.29) is 23.8 Å². The molecule has 0 spiro atoms. The average molecular weight is 562 g/mol. The van der Waals surface area contributed by atoms with E-state index in [2.05, 4.69) is 25.9 Å². The van der Waals surface area contributed by atoms with Crippen LogP contribution in [0.25, 0.3) is 0 Å². The van der Waals surface area contributed by atoms with Crippen molar-refractivity contribution in [3.05, 3.63) is 45.7 Å². The number of amides is 2. The molecule has 40 heavy (non-hydrogen) atoms. The van der Waals surface area contributed by atoms with Gasteiger partial charge in [-0.15, -0.1) is 0 Å². The maximum absolute atomic E-state index is 12.7. The lowest BCUT2D eigenvalue weighted by atomic mass is 10.1. The number of nitrogens with two attached hydrogens (primary N) is 2. The molecule has 0 radical (unpaired) electrons. The molecule has 0 unspecified atom stereocenters. The van der Waals surface area contributed by atoms with Crippen molar-refractivity contribution < 1.29 is 39.3 Å². The summed E-state index contributed by atoms with van der Waals surface area (Å²) in [6, 6.07) is 3.20. The van der Waals surface area contributed by atoms with Gasteiger partial charge in [0.25, 0.3) is 11.5 Å². The minimum atomic E-state index is -1.54. The first-order valence-electron chi connectivity index (χ1n) is 12.1. The fourth-order valence-electron chi connectivity index (χ4n) is 3.59.